The first-order chi connectivity index (χ1) is 12.1. The highest BCUT2D eigenvalue weighted by Crippen LogP contribution is 2.26. The van der Waals surface area contributed by atoms with Crippen molar-refractivity contribution in [3.63, 3.8) is 0 Å². The average molecular weight is 327 g/mol. The van der Waals surface area contributed by atoms with E-state index in [1.165, 1.54) is 0 Å². The van der Waals surface area contributed by atoms with Gasteiger partial charge in [0.1, 0.15) is 0 Å². The Labute approximate surface area is 144 Å². The zero-order valence-corrected chi connectivity index (χ0v) is 13.1. The van der Waals surface area contributed by atoms with Crippen molar-refractivity contribution in [2.45, 2.75) is 0 Å². The third-order valence-corrected chi connectivity index (χ3v) is 3.77. The summed E-state index contributed by atoms with van der Waals surface area (Å²) in [6.45, 7) is 0. The Morgan fingerprint density at radius 1 is 1.04 bits per heavy atom. The summed E-state index contributed by atoms with van der Waals surface area (Å²) in [5.41, 5.74) is 9.53. The molecule has 0 spiro atoms. The molecule has 0 saturated carbocycles. The molecule has 0 amide bonds. The predicted molar refractivity (Wildman–Crippen MR) is 93.9 cm³/mol. The predicted octanol–water partition coefficient (Wildman–Crippen LogP) is 2.98. The van der Waals surface area contributed by atoms with Gasteiger partial charge in [0, 0.05) is 29.7 Å². The van der Waals surface area contributed by atoms with Crippen molar-refractivity contribution in [2.24, 2.45) is 5.73 Å². The van der Waals surface area contributed by atoms with Crippen LogP contribution in [0.4, 0.5) is 0 Å². The van der Waals surface area contributed by atoms with E-state index in [1.54, 1.807) is 36.4 Å². The van der Waals surface area contributed by atoms with Gasteiger partial charge in [0.25, 0.3) is 0 Å². The lowest BCUT2D eigenvalue weighted by molar-refractivity contribution is 0.0697. The van der Waals surface area contributed by atoms with Gasteiger partial charge in [-0.2, -0.15) is 5.26 Å². The van der Waals surface area contributed by atoms with Crippen LogP contribution in [0.15, 0.2) is 60.9 Å². The van der Waals surface area contributed by atoms with Gasteiger partial charge in [0.2, 0.25) is 0 Å². The fourth-order valence-corrected chi connectivity index (χ4v) is 2.51. The lowest BCUT2D eigenvalue weighted by Gasteiger charge is -2.03. The first-order valence-electron chi connectivity index (χ1n) is 7.40. The van der Waals surface area contributed by atoms with Crippen LogP contribution < -0.4 is 5.73 Å². The second-order valence-electron chi connectivity index (χ2n) is 5.30. The molecule has 25 heavy (non-hydrogen) atoms. The minimum atomic E-state index is -0.966. The van der Waals surface area contributed by atoms with Gasteiger partial charge in [-0.15, -0.1) is 0 Å². The summed E-state index contributed by atoms with van der Waals surface area (Å²) < 4.78 is 1.86. The Kier molecular flexibility index (Phi) is 4.24. The summed E-state index contributed by atoms with van der Waals surface area (Å²) in [5, 5.41) is 17.9. The van der Waals surface area contributed by atoms with Crippen LogP contribution in [-0.2, 0) is 0 Å². The van der Waals surface area contributed by atoms with Crippen molar-refractivity contribution in [2.75, 3.05) is 0 Å². The monoisotopic (exact) mass is 327 g/mol. The molecule has 0 aliphatic carbocycles. The third kappa shape index (κ3) is 3.21. The number of carboxylic acid groups (broad SMARTS) is 1. The van der Waals surface area contributed by atoms with Gasteiger partial charge < -0.3 is 15.4 Å². The Morgan fingerprint density at radius 2 is 1.72 bits per heavy atom. The molecule has 0 radical (unpaired) electrons. The van der Waals surface area contributed by atoms with E-state index >= 15 is 0 Å². The van der Waals surface area contributed by atoms with E-state index in [0.29, 0.717) is 5.56 Å². The number of hydrogen-bond acceptors (Lipinski definition) is 3. The number of hydrogen-bond donors (Lipinski definition) is 2. The Morgan fingerprint density at radius 3 is 2.28 bits per heavy atom. The van der Waals surface area contributed by atoms with Crippen molar-refractivity contribution in [3.8, 4) is 34.8 Å². The van der Waals surface area contributed by atoms with Gasteiger partial charge in [-0.25, -0.2) is 4.79 Å². The van der Waals surface area contributed by atoms with Gasteiger partial charge in [0.05, 0.1) is 22.8 Å². The lowest BCUT2D eigenvalue weighted by atomic mass is 10.0. The maximum absolute atomic E-state index is 11.0. The number of aromatic nitrogens is 1. The molecule has 5 nitrogen and oxygen atoms in total. The van der Waals surface area contributed by atoms with Gasteiger partial charge in [-0.05, 0) is 47.9 Å². The molecule has 2 aromatic carbocycles. The highest BCUT2D eigenvalue weighted by atomic mass is 16.4. The second-order valence-corrected chi connectivity index (χ2v) is 5.30. The van der Waals surface area contributed by atoms with Crippen LogP contribution in [-0.4, -0.2) is 15.6 Å². The minimum Gasteiger partial charge on any atom is -0.478 e. The normalized spacial score (nSPS) is 9.72. The molecule has 3 rings (SSSR count). The van der Waals surface area contributed by atoms with Crippen molar-refractivity contribution < 1.29 is 9.90 Å². The average Bonchev–Trinajstić information content (AvgIpc) is 3.06. The maximum atomic E-state index is 11.0. The van der Waals surface area contributed by atoms with Gasteiger partial charge in [-0.3, -0.25) is 0 Å². The second kappa shape index (κ2) is 6.66. The highest BCUT2D eigenvalue weighted by Gasteiger charge is 2.10. The molecule has 120 valence electrons. The van der Waals surface area contributed by atoms with E-state index in [2.05, 4.69) is 18.0 Å². The van der Waals surface area contributed by atoms with Crippen LogP contribution in [0, 0.1) is 23.3 Å². The molecule has 1 heterocycles. The summed E-state index contributed by atoms with van der Waals surface area (Å²) in [6, 6.07) is 18.3. The Bertz CT molecular complexity index is 1030. The molecule has 3 aromatic rings. The Hall–Kier alpha value is -3.96. The van der Waals surface area contributed by atoms with Crippen molar-refractivity contribution >= 4 is 5.97 Å². The summed E-state index contributed by atoms with van der Waals surface area (Å²) in [7, 11) is 0. The topological polar surface area (TPSA) is 92.0 Å². The number of nitriles is 1. The van der Waals surface area contributed by atoms with Crippen LogP contribution in [0.25, 0.3) is 16.8 Å². The van der Waals surface area contributed by atoms with Crippen molar-refractivity contribution in [1.82, 2.24) is 4.57 Å². The number of nitrogens with zero attached hydrogens (tertiary/aromatic N) is 2. The number of carbonyl (C=O) groups is 1. The van der Waals surface area contributed by atoms with E-state index in [0.717, 1.165) is 22.4 Å². The Balaban J connectivity index is 2.05. The van der Waals surface area contributed by atoms with Crippen LogP contribution >= 0.6 is 0 Å². The summed E-state index contributed by atoms with van der Waals surface area (Å²) in [6.07, 6.45) is 3.74. The number of rotatable bonds is 3. The molecule has 0 bridgehead atoms. The van der Waals surface area contributed by atoms with E-state index in [4.69, 9.17) is 16.1 Å². The van der Waals surface area contributed by atoms with Gasteiger partial charge >= 0.3 is 5.97 Å². The third-order valence-electron chi connectivity index (χ3n) is 3.77. The molecule has 0 atom stereocenters. The smallest absolute Gasteiger partial charge is 0.335 e. The van der Waals surface area contributed by atoms with Gasteiger partial charge in [-0.1, -0.05) is 12.1 Å². The van der Waals surface area contributed by atoms with Crippen LogP contribution in [0.5, 0.6) is 0 Å². The number of nitrogens with two attached hydrogens (primary N) is 1. The molecule has 5 heteroatoms. The lowest BCUT2D eigenvalue weighted by Crippen LogP contribution is -1.97. The molecule has 0 fully saturated rings. The van der Waals surface area contributed by atoms with Crippen LogP contribution in [0.3, 0.4) is 0 Å². The number of aromatic carboxylic acids is 1. The zero-order chi connectivity index (χ0) is 17.8. The van der Waals surface area contributed by atoms with Crippen LogP contribution in [0.1, 0.15) is 21.5 Å². The molecular weight excluding hydrogens is 314 g/mol. The van der Waals surface area contributed by atoms with Crippen molar-refractivity contribution in [1.29, 1.82) is 5.26 Å². The summed E-state index contributed by atoms with van der Waals surface area (Å²) in [5.74, 6) is 1.91. The van der Waals surface area contributed by atoms with Crippen LogP contribution in [0.2, 0.25) is 0 Å². The molecule has 0 aliphatic rings. The number of benzene rings is 2. The molecule has 0 unspecified atom stereocenters. The summed E-state index contributed by atoms with van der Waals surface area (Å²) >= 11 is 0. The molecule has 0 aliphatic heterocycles. The molecule has 0 saturated heterocycles. The molecular formula is C20H13N3O2. The van der Waals surface area contributed by atoms with Gasteiger partial charge in [0.15, 0.2) is 0 Å². The fraction of sp³-hybridized carbons (Fsp3) is 0. The molecule has 1 aromatic heterocycles. The fourth-order valence-electron chi connectivity index (χ4n) is 2.51. The first kappa shape index (κ1) is 15.9. The van der Waals surface area contributed by atoms with E-state index in [1.807, 2.05) is 29.1 Å². The standard InChI is InChI=1S/C20H13N3O2/c21-10-9-17-12-23(18-7-5-16(6-8-18)20(24)25)13-19(17)15-3-1-14(11-22)2-4-15/h1-8,12-13H,21H2,(H,24,25). The minimum absolute atomic E-state index is 0.227. The SMILES string of the molecule is N#Cc1ccc(-c2cn(-c3ccc(C(=O)O)cc3)cc2C#CN)cc1. The number of carboxylic acids is 1. The maximum Gasteiger partial charge on any atom is 0.335 e. The van der Waals surface area contributed by atoms with Crippen molar-refractivity contribution in [3.05, 3.63) is 77.6 Å². The molecule has 3 N–H and O–H groups in total. The highest BCUT2D eigenvalue weighted by molar-refractivity contribution is 5.87. The summed E-state index contributed by atoms with van der Waals surface area (Å²) in [4.78, 5) is 11.0. The van der Waals surface area contributed by atoms with E-state index in [-0.39, 0.29) is 5.56 Å². The van der Waals surface area contributed by atoms with E-state index in [9.17, 15) is 4.79 Å². The largest absolute Gasteiger partial charge is 0.478 e. The first-order valence-corrected chi connectivity index (χ1v) is 7.40. The zero-order valence-electron chi connectivity index (χ0n) is 13.1. The quantitative estimate of drug-likeness (QED) is 0.571. The van der Waals surface area contributed by atoms with E-state index < -0.39 is 5.97 Å².